The first kappa shape index (κ1) is 9.19. The first-order chi connectivity index (χ1) is 5.02. The Morgan fingerprint density at radius 2 is 2.09 bits per heavy atom. The van der Waals surface area contributed by atoms with Gasteiger partial charge in [0.05, 0.1) is 0 Å². The number of hydrogen-bond acceptors (Lipinski definition) is 2. The molecule has 1 heterocycles. The monoisotopic (exact) mass is 186 g/mol. The molecule has 1 nitrogen and oxygen atoms in total. The molecule has 1 rings (SSSR count). The maximum atomic E-state index is 11.8. The predicted molar refractivity (Wildman–Crippen MR) is 37.5 cm³/mol. The summed E-state index contributed by atoms with van der Waals surface area (Å²) in [5.41, 5.74) is 0. The topological polar surface area (TPSA) is 20.2 Å². The summed E-state index contributed by atoms with van der Waals surface area (Å²) in [4.78, 5) is 0. The van der Waals surface area contributed by atoms with Crippen molar-refractivity contribution in [3.8, 4) is 0 Å². The van der Waals surface area contributed by atoms with Gasteiger partial charge in [0.2, 0.25) is 0 Å². The first-order valence-electron chi connectivity index (χ1n) is 3.34. The van der Waals surface area contributed by atoms with Crippen LogP contribution in [0, 0.1) is 5.92 Å². The molecule has 2 atom stereocenters. The van der Waals surface area contributed by atoms with Gasteiger partial charge in [0, 0.05) is 5.92 Å². The van der Waals surface area contributed by atoms with Gasteiger partial charge >= 0.3 is 6.18 Å². The summed E-state index contributed by atoms with van der Waals surface area (Å²) < 4.78 is 35.5. The third-order valence-corrected chi connectivity index (χ3v) is 2.94. The van der Waals surface area contributed by atoms with Gasteiger partial charge < -0.3 is 5.11 Å². The zero-order chi connectivity index (χ0) is 8.48. The van der Waals surface area contributed by atoms with Crippen molar-refractivity contribution in [2.24, 2.45) is 5.92 Å². The lowest BCUT2D eigenvalue weighted by Gasteiger charge is -2.19. The van der Waals surface area contributed by atoms with Crippen molar-refractivity contribution in [3.05, 3.63) is 0 Å². The van der Waals surface area contributed by atoms with Crippen molar-refractivity contribution in [2.75, 3.05) is 11.5 Å². The molecule has 0 amide bonds. The lowest BCUT2D eigenvalue weighted by molar-refractivity contribution is -0.216. The second-order valence-corrected chi connectivity index (χ2v) is 3.76. The molecule has 0 saturated carbocycles. The van der Waals surface area contributed by atoms with Crippen LogP contribution in [0.15, 0.2) is 0 Å². The highest BCUT2D eigenvalue weighted by molar-refractivity contribution is 7.99. The van der Waals surface area contributed by atoms with E-state index < -0.39 is 18.2 Å². The molecule has 0 aliphatic carbocycles. The Morgan fingerprint density at radius 3 is 2.45 bits per heavy atom. The molecule has 0 radical (unpaired) electrons. The Bertz CT molecular complexity index is 130. The van der Waals surface area contributed by atoms with Gasteiger partial charge in [-0.3, -0.25) is 0 Å². The van der Waals surface area contributed by atoms with E-state index in [0.717, 1.165) is 5.75 Å². The molecule has 1 aliphatic heterocycles. The molecular formula is C6H9F3OS. The Morgan fingerprint density at radius 1 is 1.45 bits per heavy atom. The molecule has 1 aliphatic rings. The molecule has 2 unspecified atom stereocenters. The van der Waals surface area contributed by atoms with Gasteiger partial charge in [-0.2, -0.15) is 24.9 Å². The van der Waals surface area contributed by atoms with Crippen LogP contribution in [0.2, 0.25) is 0 Å². The maximum absolute atomic E-state index is 11.8. The largest absolute Gasteiger partial charge is 0.414 e. The zero-order valence-corrected chi connectivity index (χ0v) is 6.58. The smallest absolute Gasteiger partial charge is 0.383 e. The van der Waals surface area contributed by atoms with Crippen molar-refractivity contribution in [1.82, 2.24) is 0 Å². The minimum Gasteiger partial charge on any atom is -0.383 e. The number of alkyl halides is 3. The second kappa shape index (κ2) is 3.23. The Labute approximate surface area is 67.0 Å². The van der Waals surface area contributed by atoms with E-state index >= 15 is 0 Å². The van der Waals surface area contributed by atoms with Crippen LogP contribution in [0.5, 0.6) is 0 Å². The fraction of sp³-hybridized carbons (Fsp3) is 1.00. The summed E-state index contributed by atoms with van der Waals surface area (Å²) in [6.45, 7) is 0. The number of rotatable bonds is 1. The average molecular weight is 186 g/mol. The number of halogens is 3. The van der Waals surface area contributed by atoms with E-state index in [2.05, 4.69) is 0 Å². The summed E-state index contributed by atoms with van der Waals surface area (Å²) in [6, 6.07) is 0. The lowest BCUT2D eigenvalue weighted by Crippen LogP contribution is -2.35. The predicted octanol–water partition coefficient (Wildman–Crippen LogP) is 1.66. The number of aliphatic hydroxyl groups is 1. The molecule has 1 N–H and O–H groups in total. The van der Waals surface area contributed by atoms with Crippen molar-refractivity contribution in [2.45, 2.75) is 18.7 Å². The van der Waals surface area contributed by atoms with Crippen LogP contribution >= 0.6 is 11.8 Å². The summed E-state index contributed by atoms with van der Waals surface area (Å²) in [6.07, 6.45) is -6.07. The average Bonchev–Trinajstić information content (AvgIpc) is 2.34. The van der Waals surface area contributed by atoms with Gasteiger partial charge in [0.25, 0.3) is 0 Å². The van der Waals surface area contributed by atoms with Crippen molar-refractivity contribution < 1.29 is 18.3 Å². The van der Waals surface area contributed by atoms with Gasteiger partial charge in [-0.05, 0) is 17.9 Å². The van der Waals surface area contributed by atoms with Crippen LogP contribution in [0.4, 0.5) is 13.2 Å². The van der Waals surface area contributed by atoms with Crippen LogP contribution < -0.4 is 0 Å². The maximum Gasteiger partial charge on any atom is 0.414 e. The molecular weight excluding hydrogens is 177 g/mol. The zero-order valence-electron chi connectivity index (χ0n) is 5.77. The minimum absolute atomic E-state index is 0.431. The highest BCUT2D eigenvalue weighted by atomic mass is 32.2. The third kappa shape index (κ3) is 2.27. The van der Waals surface area contributed by atoms with Crippen LogP contribution in [-0.4, -0.2) is 28.9 Å². The number of thioether (sulfide) groups is 1. The van der Waals surface area contributed by atoms with Crippen LogP contribution in [0.1, 0.15) is 6.42 Å². The fourth-order valence-corrected chi connectivity index (χ4v) is 2.36. The Hall–Kier alpha value is 0.100. The van der Waals surface area contributed by atoms with Crippen LogP contribution in [-0.2, 0) is 0 Å². The van der Waals surface area contributed by atoms with E-state index in [4.69, 9.17) is 5.11 Å². The van der Waals surface area contributed by atoms with Gasteiger partial charge in [-0.25, -0.2) is 0 Å². The van der Waals surface area contributed by atoms with E-state index in [1.807, 2.05) is 0 Å². The molecule has 0 aromatic heterocycles. The van der Waals surface area contributed by atoms with E-state index in [-0.39, 0.29) is 0 Å². The fourth-order valence-electron chi connectivity index (χ4n) is 1.07. The van der Waals surface area contributed by atoms with E-state index in [1.54, 1.807) is 0 Å². The Balaban J connectivity index is 2.46. The minimum atomic E-state index is -4.43. The normalized spacial score (nSPS) is 28.9. The lowest BCUT2D eigenvalue weighted by atomic mass is 10.0. The molecule has 0 aromatic carbocycles. The summed E-state index contributed by atoms with van der Waals surface area (Å²) in [5.74, 6) is 0.582. The van der Waals surface area contributed by atoms with E-state index in [0.29, 0.717) is 12.2 Å². The standard InChI is InChI=1S/C6H9F3OS/c7-6(8,9)5(10)4-1-2-11-3-4/h4-5,10H,1-3H2. The second-order valence-electron chi connectivity index (χ2n) is 2.61. The molecule has 5 heteroatoms. The van der Waals surface area contributed by atoms with Gasteiger partial charge in [0.15, 0.2) is 6.10 Å². The van der Waals surface area contributed by atoms with Crippen molar-refractivity contribution >= 4 is 11.8 Å². The molecule has 0 bridgehead atoms. The molecule has 1 fully saturated rings. The number of hydrogen-bond donors (Lipinski definition) is 1. The molecule has 0 aromatic rings. The van der Waals surface area contributed by atoms with E-state index in [9.17, 15) is 13.2 Å². The quantitative estimate of drug-likeness (QED) is 0.672. The molecule has 66 valence electrons. The molecule has 0 spiro atoms. The van der Waals surface area contributed by atoms with Gasteiger partial charge in [-0.15, -0.1) is 0 Å². The van der Waals surface area contributed by atoms with Gasteiger partial charge in [0.1, 0.15) is 0 Å². The highest BCUT2D eigenvalue weighted by Crippen LogP contribution is 2.33. The first-order valence-corrected chi connectivity index (χ1v) is 4.50. The van der Waals surface area contributed by atoms with E-state index in [1.165, 1.54) is 11.8 Å². The van der Waals surface area contributed by atoms with Crippen LogP contribution in [0.25, 0.3) is 0 Å². The summed E-state index contributed by atoms with van der Waals surface area (Å²) >= 11 is 1.47. The molecule has 11 heavy (non-hydrogen) atoms. The van der Waals surface area contributed by atoms with Crippen molar-refractivity contribution in [3.63, 3.8) is 0 Å². The Kier molecular flexibility index (Phi) is 2.70. The summed E-state index contributed by atoms with van der Waals surface area (Å²) in [5, 5.41) is 8.75. The van der Waals surface area contributed by atoms with Gasteiger partial charge in [-0.1, -0.05) is 0 Å². The number of aliphatic hydroxyl groups excluding tert-OH is 1. The van der Waals surface area contributed by atoms with Crippen molar-refractivity contribution in [1.29, 1.82) is 0 Å². The summed E-state index contributed by atoms with van der Waals surface area (Å²) in [7, 11) is 0. The highest BCUT2D eigenvalue weighted by Gasteiger charge is 2.44. The molecule has 1 saturated heterocycles. The van der Waals surface area contributed by atoms with Crippen LogP contribution in [0.3, 0.4) is 0 Å². The third-order valence-electron chi connectivity index (χ3n) is 1.75. The SMILES string of the molecule is OC(C1CCSC1)C(F)(F)F.